The van der Waals surface area contributed by atoms with E-state index in [9.17, 15) is 9.90 Å². The first kappa shape index (κ1) is 18.1. The van der Waals surface area contributed by atoms with E-state index in [1.807, 2.05) is 20.8 Å². The highest BCUT2D eigenvalue weighted by atomic mass is 35.5. The molecule has 0 radical (unpaired) electrons. The smallest absolute Gasteiger partial charge is 0.220 e. The number of halogens is 2. The van der Waals surface area contributed by atoms with Gasteiger partial charge < -0.3 is 15.2 Å². The summed E-state index contributed by atoms with van der Waals surface area (Å²) in [6.45, 7) is 6.09. The highest BCUT2D eigenvalue weighted by Gasteiger charge is 2.17. The molecule has 0 unspecified atom stereocenters. The van der Waals surface area contributed by atoms with Crippen molar-refractivity contribution in [3.63, 3.8) is 0 Å². The van der Waals surface area contributed by atoms with E-state index < -0.39 is 6.10 Å². The van der Waals surface area contributed by atoms with Crippen molar-refractivity contribution in [1.82, 2.24) is 5.32 Å². The lowest BCUT2D eigenvalue weighted by molar-refractivity contribution is -0.123. The zero-order valence-corrected chi connectivity index (χ0v) is 14.0. The highest BCUT2D eigenvalue weighted by Crippen LogP contribution is 2.31. The van der Waals surface area contributed by atoms with Gasteiger partial charge in [0.05, 0.1) is 5.02 Å². The molecule has 0 spiro atoms. The summed E-state index contributed by atoms with van der Waals surface area (Å²) >= 11 is 11.8. The molecule has 4 nitrogen and oxygen atoms in total. The molecular weight excluding hydrogens is 313 g/mol. The molecule has 2 N–H and O–H groups in total. The number of aliphatic hydroxyl groups excluding tert-OH is 1. The molecule has 0 fully saturated rings. The molecule has 1 aromatic rings. The monoisotopic (exact) mass is 333 g/mol. The normalized spacial score (nSPS) is 12.9. The van der Waals surface area contributed by atoms with E-state index in [4.69, 9.17) is 27.9 Å². The maximum Gasteiger partial charge on any atom is 0.220 e. The molecule has 0 aliphatic heterocycles. The van der Waals surface area contributed by atoms with Crippen molar-refractivity contribution in [2.45, 2.75) is 33.3 Å². The van der Waals surface area contributed by atoms with Gasteiger partial charge in [0, 0.05) is 13.0 Å². The fourth-order valence-electron chi connectivity index (χ4n) is 1.62. The van der Waals surface area contributed by atoms with Crippen molar-refractivity contribution >= 4 is 29.1 Å². The Morgan fingerprint density at radius 1 is 1.38 bits per heavy atom. The third-order valence-electron chi connectivity index (χ3n) is 2.57. The molecule has 0 aromatic heterocycles. The summed E-state index contributed by atoms with van der Waals surface area (Å²) in [5.74, 6) is 0.312. The van der Waals surface area contributed by atoms with E-state index in [1.54, 1.807) is 18.2 Å². The summed E-state index contributed by atoms with van der Waals surface area (Å²) in [6, 6.07) is 5.03. The maximum atomic E-state index is 11.6. The van der Waals surface area contributed by atoms with Crippen LogP contribution in [0.4, 0.5) is 0 Å². The average molecular weight is 334 g/mol. The molecule has 118 valence electrons. The molecule has 0 saturated carbocycles. The zero-order chi connectivity index (χ0) is 16.0. The third kappa shape index (κ3) is 7.02. The van der Waals surface area contributed by atoms with Crippen LogP contribution in [0.3, 0.4) is 0 Å². The quantitative estimate of drug-likeness (QED) is 0.839. The Morgan fingerprint density at radius 2 is 2.05 bits per heavy atom. The Kier molecular flexibility index (Phi) is 6.78. The number of hydrogen-bond donors (Lipinski definition) is 2. The van der Waals surface area contributed by atoms with Crippen LogP contribution in [0.5, 0.6) is 5.75 Å². The fourth-order valence-corrected chi connectivity index (χ4v) is 1.96. The second kappa shape index (κ2) is 7.87. The Hall–Kier alpha value is -0.970. The minimum atomic E-state index is -0.816. The first-order valence-electron chi connectivity index (χ1n) is 6.70. The SMILES string of the molecule is CC(C)(C)CC(=O)NC[C@@H](O)COc1cccc(Cl)c1Cl. The van der Waals surface area contributed by atoms with Gasteiger partial charge >= 0.3 is 0 Å². The van der Waals surface area contributed by atoms with Crippen LogP contribution in [-0.2, 0) is 4.79 Å². The van der Waals surface area contributed by atoms with Crippen LogP contribution in [0.2, 0.25) is 10.0 Å². The van der Waals surface area contributed by atoms with E-state index in [2.05, 4.69) is 5.32 Å². The van der Waals surface area contributed by atoms with Crippen LogP contribution in [0.25, 0.3) is 0 Å². The second-order valence-corrected chi connectivity index (χ2v) is 6.84. The number of hydrogen-bond acceptors (Lipinski definition) is 3. The number of benzene rings is 1. The number of carbonyl (C=O) groups excluding carboxylic acids is 1. The Balaban J connectivity index is 2.36. The van der Waals surface area contributed by atoms with E-state index in [-0.39, 0.29) is 24.5 Å². The molecule has 0 bridgehead atoms. The van der Waals surface area contributed by atoms with Crippen LogP contribution in [0, 0.1) is 5.41 Å². The molecule has 1 atom stereocenters. The summed E-state index contributed by atoms with van der Waals surface area (Å²) in [7, 11) is 0. The molecule has 21 heavy (non-hydrogen) atoms. The van der Waals surface area contributed by atoms with Gasteiger partial charge in [0.2, 0.25) is 5.91 Å². The molecule has 1 aromatic carbocycles. The van der Waals surface area contributed by atoms with Gasteiger partial charge in [0.1, 0.15) is 23.5 Å². The van der Waals surface area contributed by atoms with Gasteiger partial charge in [-0.2, -0.15) is 0 Å². The van der Waals surface area contributed by atoms with Crippen LogP contribution >= 0.6 is 23.2 Å². The minimum Gasteiger partial charge on any atom is -0.489 e. The van der Waals surface area contributed by atoms with Gasteiger partial charge in [-0.3, -0.25) is 4.79 Å². The van der Waals surface area contributed by atoms with Crippen LogP contribution in [0.1, 0.15) is 27.2 Å². The van der Waals surface area contributed by atoms with Crippen molar-refractivity contribution in [3.8, 4) is 5.75 Å². The number of amides is 1. The fraction of sp³-hybridized carbons (Fsp3) is 0.533. The zero-order valence-electron chi connectivity index (χ0n) is 12.5. The molecular formula is C15H21Cl2NO3. The predicted octanol–water partition coefficient (Wildman–Crippen LogP) is 3.29. The molecule has 0 aliphatic rings. The van der Waals surface area contributed by atoms with E-state index >= 15 is 0 Å². The lowest BCUT2D eigenvalue weighted by atomic mass is 9.92. The summed E-state index contributed by atoms with van der Waals surface area (Å²) in [5.41, 5.74) is -0.0835. The molecule has 0 saturated heterocycles. The van der Waals surface area contributed by atoms with Gasteiger partial charge in [-0.15, -0.1) is 0 Å². The Bertz CT molecular complexity index is 486. The summed E-state index contributed by atoms with van der Waals surface area (Å²) in [5, 5.41) is 13.2. The molecule has 1 rings (SSSR count). The topological polar surface area (TPSA) is 58.6 Å². The van der Waals surface area contributed by atoms with Crippen LogP contribution in [-0.4, -0.2) is 30.3 Å². The van der Waals surface area contributed by atoms with Gasteiger partial charge in [0.25, 0.3) is 0 Å². The van der Waals surface area contributed by atoms with Gasteiger partial charge in [0.15, 0.2) is 0 Å². The average Bonchev–Trinajstić information content (AvgIpc) is 2.36. The van der Waals surface area contributed by atoms with E-state index in [1.165, 1.54) is 0 Å². The first-order chi connectivity index (χ1) is 9.69. The maximum absolute atomic E-state index is 11.6. The van der Waals surface area contributed by atoms with Crippen molar-refractivity contribution in [3.05, 3.63) is 28.2 Å². The van der Waals surface area contributed by atoms with Crippen molar-refractivity contribution in [2.75, 3.05) is 13.2 Å². The van der Waals surface area contributed by atoms with Crippen LogP contribution in [0.15, 0.2) is 18.2 Å². The van der Waals surface area contributed by atoms with Crippen LogP contribution < -0.4 is 10.1 Å². The molecule has 1 amide bonds. The summed E-state index contributed by atoms with van der Waals surface area (Å²) in [4.78, 5) is 11.6. The lowest BCUT2D eigenvalue weighted by Gasteiger charge is -2.19. The van der Waals surface area contributed by atoms with Gasteiger partial charge in [-0.05, 0) is 17.5 Å². The van der Waals surface area contributed by atoms with Gasteiger partial charge in [-0.1, -0.05) is 50.0 Å². The number of aliphatic hydroxyl groups is 1. The highest BCUT2D eigenvalue weighted by molar-refractivity contribution is 6.42. The largest absolute Gasteiger partial charge is 0.489 e. The summed E-state index contributed by atoms with van der Waals surface area (Å²) in [6.07, 6.45) is -0.412. The van der Waals surface area contributed by atoms with Crippen molar-refractivity contribution < 1.29 is 14.6 Å². The van der Waals surface area contributed by atoms with E-state index in [0.29, 0.717) is 22.2 Å². The molecule has 6 heteroatoms. The Morgan fingerprint density at radius 3 is 2.67 bits per heavy atom. The molecule has 0 heterocycles. The summed E-state index contributed by atoms with van der Waals surface area (Å²) < 4.78 is 5.39. The third-order valence-corrected chi connectivity index (χ3v) is 3.37. The van der Waals surface area contributed by atoms with Gasteiger partial charge in [-0.25, -0.2) is 0 Å². The molecule has 0 aliphatic carbocycles. The number of rotatable bonds is 6. The van der Waals surface area contributed by atoms with Crippen molar-refractivity contribution in [2.24, 2.45) is 5.41 Å². The second-order valence-electron chi connectivity index (χ2n) is 6.06. The standard InChI is InChI=1S/C15H21Cl2NO3/c1-15(2,3)7-13(20)18-8-10(19)9-21-12-6-4-5-11(16)14(12)17/h4-6,10,19H,7-9H2,1-3H3,(H,18,20)/t10-/m1/s1. The number of ether oxygens (including phenoxy) is 1. The number of carbonyl (C=O) groups is 1. The first-order valence-corrected chi connectivity index (χ1v) is 7.46. The predicted molar refractivity (Wildman–Crippen MR) is 85.0 cm³/mol. The Labute approximate surface area is 135 Å². The van der Waals surface area contributed by atoms with Crippen molar-refractivity contribution in [1.29, 1.82) is 0 Å². The van der Waals surface area contributed by atoms with E-state index in [0.717, 1.165) is 0 Å². The number of nitrogens with one attached hydrogen (secondary N) is 1. The minimum absolute atomic E-state index is 0.0237. The lowest BCUT2D eigenvalue weighted by Crippen LogP contribution is -2.36.